The first-order valence-electron chi connectivity index (χ1n) is 6.31. The van der Waals surface area contributed by atoms with Crippen molar-refractivity contribution in [2.75, 3.05) is 0 Å². The quantitative estimate of drug-likeness (QED) is 0.493. The summed E-state index contributed by atoms with van der Waals surface area (Å²) < 4.78 is 10.1. The molecule has 1 aromatic carbocycles. The van der Waals surface area contributed by atoms with Gasteiger partial charge < -0.3 is 9.15 Å². The third kappa shape index (κ3) is 3.49. The summed E-state index contributed by atoms with van der Waals surface area (Å²) in [6.07, 6.45) is 0. The van der Waals surface area contributed by atoms with Crippen LogP contribution in [-0.2, 0) is 16.1 Å². The maximum atomic E-state index is 11.5. The van der Waals surface area contributed by atoms with Crippen molar-refractivity contribution in [1.82, 2.24) is 0 Å². The van der Waals surface area contributed by atoms with Crippen LogP contribution in [0.1, 0.15) is 29.8 Å². The van der Waals surface area contributed by atoms with Crippen LogP contribution >= 0.6 is 11.6 Å². The molecule has 0 amide bonds. The van der Waals surface area contributed by atoms with E-state index in [1.54, 1.807) is 32.0 Å². The van der Waals surface area contributed by atoms with Crippen LogP contribution < -0.4 is 5.63 Å². The number of ether oxygens (including phenoxy) is 1. The van der Waals surface area contributed by atoms with Gasteiger partial charge in [0, 0.05) is 5.39 Å². The molecular formula is C15H13ClO5. The highest BCUT2D eigenvalue weighted by Crippen LogP contribution is 2.17. The van der Waals surface area contributed by atoms with Crippen LogP contribution in [0.25, 0.3) is 11.0 Å². The van der Waals surface area contributed by atoms with Crippen molar-refractivity contribution in [3.8, 4) is 0 Å². The molecule has 0 radical (unpaired) electrons. The highest BCUT2D eigenvalue weighted by atomic mass is 35.5. The fourth-order valence-electron chi connectivity index (χ4n) is 1.72. The van der Waals surface area contributed by atoms with Gasteiger partial charge >= 0.3 is 11.6 Å². The highest BCUT2D eigenvalue weighted by molar-refractivity contribution is 6.67. The normalized spacial score (nSPS) is 10.9. The zero-order chi connectivity index (χ0) is 15.6. The van der Waals surface area contributed by atoms with Gasteiger partial charge in [0.25, 0.3) is 5.24 Å². The van der Waals surface area contributed by atoms with Crippen molar-refractivity contribution in [2.45, 2.75) is 20.5 Å². The number of benzene rings is 1. The molecule has 0 fully saturated rings. The second kappa shape index (κ2) is 6.10. The second-order valence-electron chi connectivity index (χ2n) is 4.86. The summed E-state index contributed by atoms with van der Waals surface area (Å²) in [6.45, 7) is 3.60. The zero-order valence-electron chi connectivity index (χ0n) is 11.5. The Morgan fingerprint density at radius 1 is 1.29 bits per heavy atom. The molecule has 5 nitrogen and oxygen atoms in total. The van der Waals surface area contributed by atoms with Gasteiger partial charge in [0.1, 0.15) is 17.8 Å². The molecule has 21 heavy (non-hydrogen) atoms. The van der Waals surface area contributed by atoms with E-state index in [9.17, 15) is 14.4 Å². The Labute approximate surface area is 125 Å². The molecule has 0 aliphatic carbocycles. The largest absolute Gasteiger partial charge is 0.461 e. The van der Waals surface area contributed by atoms with Gasteiger partial charge in [-0.3, -0.25) is 9.59 Å². The lowest BCUT2D eigenvalue weighted by Gasteiger charge is -2.07. The molecule has 1 heterocycles. The van der Waals surface area contributed by atoms with Crippen molar-refractivity contribution in [1.29, 1.82) is 0 Å². The van der Waals surface area contributed by atoms with E-state index >= 15 is 0 Å². The second-order valence-corrected chi connectivity index (χ2v) is 5.20. The van der Waals surface area contributed by atoms with Crippen molar-refractivity contribution < 1.29 is 18.7 Å². The topological polar surface area (TPSA) is 73.6 Å². The maximum absolute atomic E-state index is 11.5. The average Bonchev–Trinajstić information content (AvgIpc) is 2.43. The van der Waals surface area contributed by atoms with E-state index in [0.717, 1.165) is 5.56 Å². The van der Waals surface area contributed by atoms with Gasteiger partial charge in [0.05, 0.1) is 5.92 Å². The monoisotopic (exact) mass is 308 g/mol. The van der Waals surface area contributed by atoms with Crippen molar-refractivity contribution >= 4 is 33.8 Å². The first-order valence-corrected chi connectivity index (χ1v) is 6.69. The van der Waals surface area contributed by atoms with Crippen molar-refractivity contribution in [3.63, 3.8) is 0 Å². The predicted octanol–water partition coefficient (Wildman–Crippen LogP) is 2.87. The number of fused-ring (bicyclic) bond motifs is 1. The highest BCUT2D eigenvalue weighted by Gasteiger charge is 2.12. The van der Waals surface area contributed by atoms with Gasteiger partial charge in [-0.05, 0) is 35.4 Å². The molecule has 0 aliphatic rings. The molecule has 110 valence electrons. The Balaban J connectivity index is 2.32. The number of rotatable bonds is 4. The van der Waals surface area contributed by atoms with Crippen molar-refractivity contribution in [3.05, 3.63) is 45.8 Å². The first-order chi connectivity index (χ1) is 9.88. The number of esters is 1. The van der Waals surface area contributed by atoms with E-state index in [-0.39, 0.29) is 24.1 Å². The van der Waals surface area contributed by atoms with Crippen LogP contribution in [0.5, 0.6) is 0 Å². The van der Waals surface area contributed by atoms with Crippen LogP contribution in [0.4, 0.5) is 0 Å². The number of carbonyl (C=O) groups is 2. The average molecular weight is 309 g/mol. The smallest absolute Gasteiger partial charge is 0.348 e. The van der Waals surface area contributed by atoms with Crippen LogP contribution in [-0.4, -0.2) is 11.2 Å². The SMILES string of the molecule is CC(C)C(=O)OCc1ccc2oc(=O)c(C(=O)Cl)cc2c1. The Kier molecular flexibility index (Phi) is 4.43. The summed E-state index contributed by atoms with van der Waals surface area (Å²) in [5, 5.41) is -0.334. The molecule has 0 atom stereocenters. The Hall–Kier alpha value is -2.14. The molecule has 0 saturated carbocycles. The van der Waals surface area contributed by atoms with E-state index in [0.29, 0.717) is 11.0 Å². The van der Waals surface area contributed by atoms with E-state index in [2.05, 4.69) is 0 Å². The molecular weight excluding hydrogens is 296 g/mol. The van der Waals surface area contributed by atoms with Crippen LogP contribution in [0, 0.1) is 5.92 Å². The maximum Gasteiger partial charge on any atom is 0.348 e. The lowest BCUT2D eigenvalue weighted by molar-refractivity contribution is -0.148. The summed E-state index contributed by atoms with van der Waals surface area (Å²) in [7, 11) is 0. The fourth-order valence-corrected chi connectivity index (χ4v) is 1.85. The van der Waals surface area contributed by atoms with Gasteiger partial charge in [-0.15, -0.1) is 0 Å². The third-order valence-corrected chi connectivity index (χ3v) is 3.06. The number of hydrogen-bond donors (Lipinski definition) is 0. The van der Waals surface area contributed by atoms with Crippen LogP contribution in [0.2, 0.25) is 0 Å². The summed E-state index contributed by atoms with van der Waals surface area (Å²) in [4.78, 5) is 34.1. The fraction of sp³-hybridized carbons (Fsp3) is 0.267. The summed E-state index contributed by atoms with van der Waals surface area (Å²) >= 11 is 5.32. The third-order valence-electron chi connectivity index (χ3n) is 2.86. The van der Waals surface area contributed by atoms with E-state index in [1.807, 2.05) is 0 Å². The summed E-state index contributed by atoms with van der Waals surface area (Å²) in [5.74, 6) is -0.504. The molecule has 1 aromatic heterocycles. The zero-order valence-corrected chi connectivity index (χ0v) is 12.3. The number of carbonyl (C=O) groups excluding carboxylic acids is 2. The minimum Gasteiger partial charge on any atom is -0.461 e. The summed E-state index contributed by atoms with van der Waals surface area (Å²) in [6, 6.07) is 6.30. The molecule has 0 spiro atoms. The standard InChI is InChI=1S/C15H13ClO5/c1-8(2)14(18)20-7-9-3-4-12-10(5-9)6-11(13(16)17)15(19)21-12/h3-6,8H,7H2,1-2H3. The molecule has 0 saturated heterocycles. The van der Waals surface area contributed by atoms with Gasteiger partial charge in [0.15, 0.2) is 0 Å². The van der Waals surface area contributed by atoms with E-state index in [1.165, 1.54) is 6.07 Å². The molecule has 2 aromatic rings. The lowest BCUT2D eigenvalue weighted by Crippen LogP contribution is -2.11. The molecule has 0 N–H and O–H groups in total. The Bertz CT molecular complexity index is 760. The van der Waals surface area contributed by atoms with Crippen LogP contribution in [0.3, 0.4) is 0 Å². The first kappa shape index (κ1) is 15.3. The Morgan fingerprint density at radius 2 is 2.00 bits per heavy atom. The lowest BCUT2D eigenvalue weighted by atomic mass is 10.1. The van der Waals surface area contributed by atoms with Gasteiger partial charge in [-0.1, -0.05) is 19.9 Å². The molecule has 0 bridgehead atoms. The van der Waals surface area contributed by atoms with Gasteiger partial charge in [-0.25, -0.2) is 4.79 Å². The van der Waals surface area contributed by atoms with Crippen LogP contribution in [0.15, 0.2) is 33.5 Å². The molecule has 2 rings (SSSR count). The van der Waals surface area contributed by atoms with E-state index < -0.39 is 10.9 Å². The predicted molar refractivity (Wildman–Crippen MR) is 77.3 cm³/mol. The number of hydrogen-bond acceptors (Lipinski definition) is 5. The van der Waals surface area contributed by atoms with E-state index in [4.69, 9.17) is 20.8 Å². The van der Waals surface area contributed by atoms with Gasteiger partial charge in [-0.2, -0.15) is 0 Å². The Morgan fingerprint density at radius 3 is 2.62 bits per heavy atom. The minimum absolute atomic E-state index is 0.107. The molecule has 0 aliphatic heterocycles. The van der Waals surface area contributed by atoms with Crippen molar-refractivity contribution in [2.24, 2.45) is 5.92 Å². The summed E-state index contributed by atoms with van der Waals surface area (Å²) in [5.41, 5.74) is 0.0564. The number of halogens is 1. The molecule has 0 unspecified atom stereocenters. The van der Waals surface area contributed by atoms with Gasteiger partial charge in [0.2, 0.25) is 0 Å². The molecule has 6 heteroatoms. The minimum atomic E-state index is -0.873.